The molecule has 0 bridgehead atoms. The van der Waals surface area contributed by atoms with Gasteiger partial charge in [-0.3, -0.25) is 9.00 Å². The molecule has 2 rings (SSSR count). The zero-order chi connectivity index (χ0) is 10.7. The van der Waals surface area contributed by atoms with Gasteiger partial charge in [0.05, 0.1) is 23.3 Å². The van der Waals surface area contributed by atoms with Gasteiger partial charge in [-0.05, 0) is 18.6 Å². The number of carbonyl (C=O) groups excluding carboxylic acids is 1. The molecule has 0 spiro atoms. The predicted octanol–water partition coefficient (Wildman–Crippen LogP) is 1.36. The molecule has 2 atom stereocenters. The van der Waals surface area contributed by atoms with E-state index in [0.29, 0.717) is 18.8 Å². The summed E-state index contributed by atoms with van der Waals surface area (Å²) in [6, 6.07) is 9.21. The zero-order valence-electron chi connectivity index (χ0n) is 8.22. The summed E-state index contributed by atoms with van der Waals surface area (Å²) in [7, 11) is -1.09. The van der Waals surface area contributed by atoms with E-state index in [9.17, 15) is 9.00 Å². The fraction of sp³-hybridized carbons (Fsp3) is 0.364. The van der Waals surface area contributed by atoms with Gasteiger partial charge in [-0.25, -0.2) is 0 Å². The highest BCUT2D eigenvalue weighted by atomic mass is 32.2. The summed E-state index contributed by atoms with van der Waals surface area (Å²) in [5.74, 6) is -0.0200. The van der Waals surface area contributed by atoms with Crippen LogP contribution in [0.15, 0.2) is 35.2 Å². The van der Waals surface area contributed by atoms with Gasteiger partial charge in [0.15, 0.2) is 0 Å². The Bertz CT molecular complexity index is 375. The molecule has 1 aromatic rings. The quantitative estimate of drug-likeness (QED) is 0.728. The highest BCUT2D eigenvalue weighted by Crippen LogP contribution is 2.18. The maximum absolute atomic E-state index is 11.8. The van der Waals surface area contributed by atoms with E-state index in [1.165, 1.54) is 0 Å². The Morgan fingerprint density at radius 3 is 2.67 bits per heavy atom. The molecular formula is C11H12O3S. The molecule has 0 saturated carbocycles. The van der Waals surface area contributed by atoms with E-state index in [2.05, 4.69) is 0 Å². The first-order chi connectivity index (χ1) is 7.27. The second-order valence-corrected chi connectivity index (χ2v) is 4.97. The molecule has 1 fully saturated rings. The molecule has 0 aliphatic carbocycles. The average molecular weight is 224 g/mol. The standard InChI is InChI=1S/C11H12O3S/c12-11-9(6-7-14-11)8-15(13)10-4-2-1-3-5-10/h1-5,9H,6-8H2. The summed E-state index contributed by atoms with van der Waals surface area (Å²) < 4.78 is 16.7. The molecule has 0 amide bonds. The van der Waals surface area contributed by atoms with E-state index in [0.717, 1.165) is 4.90 Å². The van der Waals surface area contributed by atoms with Crippen molar-refractivity contribution >= 4 is 16.8 Å². The number of hydrogen-bond acceptors (Lipinski definition) is 3. The number of rotatable bonds is 3. The molecule has 0 aromatic heterocycles. The van der Waals surface area contributed by atoms with E-state index in [1.54, 1.807) is 0 Å². The summed E-state index contributed by atoms with van der Waals surface area (Å²) in [5, 5.41) is 0. The molecular weight excluding hydrogens is 212 g/mol. The van der Waals surface area contributed by atoms with Gasteiger partial charge in [0, 0.05) is 10.6 Å². The van der Waals surface area contributed by atoms with Crippen molar-refractivity contribution in [3.63, 3.8) is 0 Å². The van der Waals surface area contributed by atoms with Crippen molar-refractivity contribution in [1.82, 2.24) is 0 Å². The highest BCUT2D eigenvalue weighted by Gasteiger charge is 2.28. The fourth-order valence-corrected chi connectivity index (χ4v) is 2.86. The SMILES string of the molecule is O=C1OCCC1CS(=O)c1ccccc1. The maximum Gasteiger partial charge on any atom is 0.310 e. The number of benzene rings is 1. The topological polar surface area (TPSA) is 43.4 Å². The van der Waals surface area contributed by atoms with Crippen molar-refractivity contribution < 1.29 is 13.7 Å². The van der Waals surface area contributed by atoms with Gasteiger partial charge >= 0.3 is 5.97 Å². The lowest BCUT2D eigenvalue weighted by Crippen LogP contribution is -2.16. The van der Waals surface area contributed by atoms with Crippen LogP contribution in [-0.4, -0.2) is 22.5 Å². The molecule has 1 aliphatic rings. The largest absolute Gasteiger partial charge is 0.465 e. The molecule has 0 radical (unpaired) electrons. The Hall–Kier alpha value is -1.16. The fourth-order valence-electron chi connectivity index (χ4n) is 1.54. The van der Waals surface area contributed by atoms with Gasteiger partial charge in [-0.15, -0.1) is 0 Å². The molecule has 1 saturated heterocycles. The molecule has 0 N–H and O–H groups in total. The molecule has 2 unspecified atom stereocenters. The normalized spacial score (nSPS) is 22.4. The second-order valence-electron chi connectivity index (χ2n) is 3.48. The number of cyclic esters (lactones) is 1. The maximum atomic E-state index is 11.8. The summed E-state index contributed by atoms with van der Waals surface area (Å²) in [4.78, 5) is 12.0. The van der Waals surface area contributed by atoms with Crippen LogP contribution in [0.1, 0.15) is 6.42 Å². The van der Waals surface area contributed by atoms with Gasteiger partial charge in [0.1, 0.15) is 0 Å². The lowest BCUT2D eigenvalue weighted by molar-refractivity contribution is -0.140. The highest BCUT2D eigenvalue weighted by molar-refractivity contribution is 7.85. The van der Waals surface area contributed by atoms with Crippen molar-refractivity contribution in [2.45, 2.75) is 11.3 Å². The molecule has 1 aromatic carbocycles. The van der Waals surface area contributed by atoms with Crippen molar-refractivity contribution in [2.24, 2.45) is 5.92 Å². The second kappa shape index (κ2) is 4.57. The molecule has 15 heavy (non-hydrogen) atoms. The smallest absolute Gasteiger partial charge is 0.310 e. The minimum Gasteiger partial charge on any atom is -0.465 e. The van der Waals surface area contributed by atoms with Crippen molar-refractivity contribution in [1.29, 1.82) is 0 Å². The summed E-state index contributed by atoms with van der Waals surface area (Å²) >= 11 is 0. The van der Waals surface area contributed by atoms with E-state index < -0.39 is 10.8 Å². The van der Waals surface area contributed by atoms with Crippen LogP contribution in [0.2, 0.25) is 0 Å². The van der Waals surface area contributed by atoms with Crippen LogP contribution in [0, 0.1) is 5.92 Å². The molecule has 1 heterocycles. The van der Waals surface area contributed by atoms with Gasteiger partial charge < -0.3 is 4.74 Å². The third kappa shape index (κ3) is 2.45. The minimum absolute atomic E-state index is 0.189. The van der Waals surface area contributed by atoms with Gasteiger partial charge in [-0.1, -0.05) is 18.2 Å². The molecule has 80 valence electrons. The zero-order valence-corrected chi connectivity index (χ0v) is 9.03. The molecule has 1 aliphatic heterocycles. The lowest BCUT2D eigenvalue weighted by atomic mass is 10.1. The lowest BCUT2D eigenvalue weighted by Gasteiger charge is -2.05. The van der Waals surface area contributed by atoms with Crippen LogP contribution >= 0.6 is 0 Å². The third-order valence-electron chi connectivity index (χ3n) is 2.40. The first-order valence-electron chi connectivity index (χ1n) is 4.87. The molecule has 4 heteroatoms. The predicted molar refractivity (Wildman–Crippen MR) is 56.8 cm³/mol. The number of esters is 1. The first kappa shape index (κ1) is 10.4. The third-order valence-corrected chi connectivity index (χ3v) is 3.91. The van der Waals surface area contributed by atoms with Crippen LogP contribution in [0.3, 0.4) is 0 Å². The minimum atomic E-state index is -1.09. The first-order valence-corrected chi connectivity index (χ1v) is 6.19. The van der Waals surface area contributed by atoms with Crippen molar-refractivity contribution in [3.8, 4) is 0 Å². The Balaban J connectivity index is 2.01. The number of ether oxygens (including phenoxy) is 1. The number of hydrogen-bond donors (Lipinski definition) is 0. The Morgan fingerprint density at radius 2 is 2.07 bits per heavy atom. The number of carbonyl (C=O) groups is 1. The Kier molecular flexibility index (Phi) is 3.16. The van der Waals surface area contributed by atoms with Crippen LogP contribution < -0.4 is 0 Å². The van der Waals surface area contributed by atoms with E-state index >= 15 is 0 Å². The Morgan fingerprint density at radius 1 is 1.33 bits per heavy atom. The summed E-state index contributed by atoms with van der Waals surface area (Å²) in [6.07, 6.45) is 0.692. The van der Waals surface area contributed by atoms with Gasteiger partial charge in [0.2, 0.25) is 0 Å². The van der Waals surface area contributed by atoms with Crippen LogP contribution in [-0.2, 0) is 20.3 Å². The Labute approximate surface area is 90.9 Å². The monoisotopic (exact) mass is 224 g/mol. The van der Waals surface area contributed by atoms with E-state index in [-0.39, 0.29) is 11.9 Å². The van der Waals surface area contributed by atoms with Crippen LogP contribution in [0.5, 0.6) is 0 Å². The van der Waals surface area contributed by atoms with Crippen molar-refractivity contribution in [3.05, 3.63) is 30.3 Å². The summed E-state index contributed by atoms with van der Waals surface area (Å²) in [6.45, 7) is 0.468. The van der Waals surface area contributed by atoms with Crippen molar-refractivity contribution in [2.75, 3.05) is 12.4 Å². The average Bonchev–Trinajstić information content (AvgIpc) is 2.66. The van der Waals surface area contributed by atoms with Crippen LogP contribution in [0.4, 0.5) is 0 Å². The van der Waals surface area contributed by atoms with Gasteiger partial charge in [0.25, 0.3) is 0 Å². The van der Waals surface area contributed by atoms with E-state index in [1.807, 2.05) is 30.3 Å². The molecule has 3 nitrogen and oxygen atoms in total. The van der Waals surface area contributed by atoms with E-state index in [4.69, 9.17) is 4.74 Å². The summed E-state index contributed by atoms with van der Waals surface area (Å²) in [5.41, 5.74) is 0. The van der Waals surface area contributed by atoms with Gasteiger partial charge in [-0.2, -0.15) is 0 Å². The van der Waals surface area contributed by atoms with Crippen LogP contribution in [0.25, 0.3) is 0 Å².